The van der Waals surface area contributed by atoms with Crippen LogP contribution in [-0.2, 0) is 9.59 Å². The Morgan fingerprint density at radius 3 is 2.44 bits per heavy atom. The largest absolute Gasteiger partial charge is 0.325 e. The Kier molecular flexibility index (Phi) is 5.42. The first-order chi connectivity index (χ1) is 12.1. The van der Waals surface area contributed by atoms with E-state index in [9.17, 15) is 9.59 Å². The number of carbonyl (C=O) groups is 2. The van der Waals surface area contributed by atoms with E-state index in [0.717, 1.165) is 22.6 Å². The molecule has 0 aliphatic heterocycles. The summed E-state index contributed by atoms with van der Waals surface area (Å²) in [6, 6.07) is 16.6. The molecule has 0 radical (unpaired) electrons. The molecule has 1 atom stereocenters. The highest BCUT2D eigenvalue weighted by molar-refractivity contribution is 7.99. The summed E-state index contributed by atoms with van der Waals surface area (Å²) in [6.07, 6.45) is 1.55. The lowest BCUT2D eigenvalue weighted by Gasteiger charge is -2.10. The molecule has 2 aromatic rings. The second-order valence-electron chi connectivity index (χ2n) is 5.78. The van der Waals surface area contributed by atoms with Gasteiger partial charge in [0, 0.05) is 21.4 Å². The number of halogens is 1. The van der Waals surface area contributed by atoms with Crippen LogP contribution in [0.25, 0.3) is 0 Å². The third kappa shape index (κ3) is 4.41. The molecule has 1 aliphatic rings. The smallest absolute Gasteiger partial charge is 0.249 e. The third-order valence-corrected chi connectivity index (χ3v) is 5.37. The number of anilines is 1. The van der Waals surface area contributed by atoms with Gasteiger partial charge >= 0.3 is 0 Å². The average Bonchev–Trinajstić information content (AvgIpc) is 3.44. The van der Waals surface area contributed by atoms with Crippen LogP contribution in [0.1, 0.15) is 12.8 Å². The monoisotopic (exact) mass is 370 g/mol. The molecule has 1 unspecified atom stereocenters. The van der Waals surface area contributed by atoms with Gasteiger partial charge in [0.2, 0.25) is 5.91 Å². The molecule has 0 saturated heterocycles. The van der Waals surface area contributed by atoms with E-state index in [0.29, 0.717) is 10.7 Å². The molecule has 1 saturated carbocycles. The standard InChI is InChI=1S/C19H15ClN2O2S/c20-16-3-1-2-4-17(16)25-14-9-7-13(8-10-14)22-19(24)15(11-21)18(23)12-5-6-12/h1-4,7-10,12,15H,5-6H2,(H,22,24). The molecule has 1 amide bonds. The van der Waals surface area contributed by atoms with E-state index in [-0.39, 0.29) is 11.7 Å². The number of nitriles is 1. The summed E-state index contributed by atoms with van der Waals surface area (Å²) in [5.74, 6) is -2.19. The fourth-order valence-corrected chi connectivity index (χ4v) is 3.42. The quantitative estimate of drug-likeness (QED) is 0.757. The predicted octanol–water partition coefficient (Wildman–Crippen LogP) is 4.55. The van der Waals surface area contributed by atoms with Crippen molar-refractivity contribution < 1.29 is 9.59 Å². The average molecular weight is 371 g/mol. The van der Waals surface area contributed by atoms with Gasteiger partial charge in [0.05, 0.1) is 11.1 Å². The summed E-state index contributed by atoms with van der Waals surface area (Å²) in [5, 5.41) is 12.4. The summed E-state index contributed by atoms with van der Waals surface area (Å²) >= 11 is 7.66. The SMILES string of the molecule is N#CC(C(=O)Nc1ccc(Sc2ccccc2Cl)cc1)C(=O)C1CC1. The van der Waals surface area contributed by atoms with Crippen LogP contribution in [0.4, 0.5) is 5.69 Å². The van der Waals surface area contributed by atoms with Crippen molar-refractivity contribution in [1.29, 1.82) is 5.26 Å². The van der Waals surface area contributed by atoms with Crippen LogP contribution in [-0.4, -0.2) is 11.7 Å². The second kappa shape index (κ2) is 7.73. The summed E-state index contributed by atoms with van der Waals surface area (Å²) in [4.78, 5) is 26.0. The summed E-state index contributed by atoms with van der Waals surface area (Å²) in [7, 11) is 0. The molecule has 1 fully saturated rings. The Morgan fingerprint density at radius 1 is 1.16 bits per heavy atom. The Hall–Kier alpha value is -2.29. The highest BCUT2D eigenvalue weighted by atomic mass is 35.5. The van der Waals surface area contributed by atoms with Gasteiger partial charge in [-0.05, 0) is 49.2 Å². The van der Waals surface area contributed by atoms with Gasteiger partial charge in [0.25, 0.3) is 0 Å². The van der Waals surface area contributed by atoms with Crippen molar-refractivity contribution in [2.45, 2.75) is 22.6 Å². The van der Waals surface area contributed by atoms with Crippen LogP contribution in [0, 0.1) is 23.2 Å². The lowest BCUT2D eigenvalue weighted by Crippen LogP contribution is -2.29. The van der Waals surface area contributed by atoms with E-state index in [1.807, 2.05) is 42.5 Å². The number of benzene rings is 2. The molecule has 126 valence electrons. The molecule has 0 spiro atoms. The van der Waals surface area contributed by atoms with Crippen LogP contribution >= 0.6 is 23.4 Å². The number of hydrogen-bond acceptors (Lipinski definition) is 4. The van der Waals surface area contributed by atoms with Crippen LogP contribution in [0.3, 0.4) is 0 Å². The van der Waals surface area contributed by atoms with E-state index < -0.39 is 11.8 Å². The van der Waals surface area contributed by atoms with Gasteiger partial charge in [0.15, 0.2) is 11.7 Å². The topological polar surface area (TPSA) is 70.0 Å². The highest BCUT2D eigenvalue weighted by Gasteiger charge is 2.38. The third-order valence-electron chi connectivity index (χ3n) is 3.84. The number of carbonyl (C=O) groups excluding carboxylic acids is 2. The number of rotatable bonds is 6. The molecule has 0 heterocycles. The van der Waals surface area contributed by atoms with E-state index >= 15 is 0 Å². The molecule has 3 rings (SSSR count). The molecule has 6 heteroatoms. The minimum absolute atomic E-state index is 0.121. The van der Waals surface area contributed by atoms with E-state index in [2.05, 4.69) is 5.32 Å². The first-order valence-electron chi connectivity index (χ1n) is 7.85. The first-order valence-corrected chi connectivity index (χ1v) is 9.04. The minimum Gasteiger partial charge on any atom is -0.325 e. The minimum atomic E-state index is -1.23. The molecule has 25 heavy (non-hydrogen) atoms. The molecular weight excluding hydrogens is 356 g/mol. The first kappa shape index (κ1) is 17.5. The normalized spacial score (nSPS) is 14.4. The lowest BCUT2D eigenvalue weighted by molar-refractivity contribution is -0.129. The van der Waals surface area contributed by atoms with Crippen molar-refractivity contribution in [1.82, 2.24) is 0 Å². The number of nitrogens with one attached hydrogen (secondary N) is 1. The number of ketones is 1. The fourth-order valence-electron chi connectivity index (χ4n) is 2.33. The van der Waals surface area contributed by atoms with Crippen LogP contribution in [0.15, 0.2) is 58.3 Å². The maximum absolute atomic E-state index is 12.2. The zero-order valence-corrected chi connectivity index (χ0v) is 14.8. The van der Waals surface area contributed by atoms with Crippen LogP contribution in [0.2, 0.25) is 5.02 Å². The maximum Gasteiger partial charge on any atom is 0.249 e. The van der Waals surface area contributed by atoms with Gasteiger partial charge in [-0.25, -0.2) is 0 Å². The number of hydrogen-bond donors (Lipinski definition) is 1. The number of amides is 1. The number of nitrogens with zero attached hydrogens (tertiary/aromatic N) is 1. The predicted molar refractivity (Wildman–Crippen MR) is 97.5 cm³/mol. The van der Waals surface area contributed by atoms with Crippen molar-refractivity contribution in [3.05, 3.63) is 53.6 Å². The molecule has 1 aliphatic carbocycles. The molecule has 1 N–H and O–H groups in total. The lowest BCUT2D eigenvalue weighted by atomic mass is 10.0. The van der Waals surface area contributed by atoms with Gasteiger partial charge < -0.3 is 5.32 Å². The Morgan fingerprint density at radius 2 is 1.84 bits per heavy atom. The van der Waals surface area contributed by atoms with E-state index in [1.54, 1.807) is 12.1 Å². The Labute approximate surface area is 155 Å². The van der Waals surface area contributed by atoms with Gasteiger partial charge in [-0.1, -0.05) is 35.5 Å². The van der Waals surface area contributed by atoms with Crippen molar-refractivity contribution in [3.63, 3.8) is 0 Å². The van der Waals surface area contributed by atoms with Gasteiger partial charge in [-0.15, -0.1) is 0 Å². The molecule has 0 aromatic heterocycles. The maximum atomic E-state index is 12.2. The molecule has 0 bridgehead atoms. The van der Waals surface area contributed by atoms with Crippen molar-refractivity contribution >= 4 is 40.7 Å². The molecular formula is C19H15ClN2O2S. The Bertz CT molecular complexity index is 841. The van der Waals surface area contributed by atoms with Crippen molar-refractivity contribution in [3.8, 4) is 6.07 Å². The van der Waals surface area contributed by atoms with Crippen molar-refractivity contribution in [2.75, 3.05) is 5.32 Å². The summed E-state index contributed by atoms with van der Waals surface area (Å²) in [5.41, 5.74) is 0.553. The van der Waals surface area contributed by atoms with E-state index in [4.69, 9.17) is 16.9 Å². The Balaban J connectivity index is 1.64. The fraction of sp³-hybridized carbons (Fsp3) is 0.211. The summed E-state index contributed by atoms with van der Waals surface area (Å²) in [6.45, 7) is 0. The zero-order chi connectivity index (χ0) is 17.8. The number of Topliss-reactive ketones (excluding diaryl/α,β-unsaturated/α-hetero) is 1. The second-order valence-corrected chi connectivity index (χ2v) is 7.31. The van der Waals surface area contributed by atoms with Gasteiger partial charge in [-0.2, -0.15) is 5.26 Å². The molecule has 2 aromatic carbocycles. The van der Waals surface area contributed by atoms with Crippen LogP contribution in [0.5, 0.6) is 0 Å². The summed E-state index contributed by atoms with van der Waals surface area (Å²) < 4.78 is 0. The van der Waals surface area contributed by atoms with Gasteiger partial charge in [-0.3, -0.25) is 9.59 Å². The van der Waals surface area contributed by atoms with Crippen LogP contribution < -0.4 is 5.32 Å². The van der Waals surface area contributed by atoms with Gasteiger partial charge in [0.1, 0.15) is 0 Å². The van der Waals surface area contributed by atoms with Crippen molar-refractivity contribution in [2.24, 2.45) is 11.8 Å². The zero-order valence-electron chi connectivity index (χ0n) is 13.2. The van der Waals surface area contributed by atoms with E-state index in [1.165, 1.54) is 11.8 Å². The highest BCUT2D eigenvalue weighted by Crippen LogP contribution is 2.34. The molecule has 4 nitrogen and oxygen atoms in total.